The third kappa shape index (κ3) is 3.16. The van der Waals surface area contributed by atoms with Gasteiger partial charge in [0.25, 0.3) is 0 Å². The van der Waals surface area contributed by atoms with Gasteiger partial charge in [0.15, 0.2) is 0 Å². The number of hydrogen-bond donors (Lipinski definition) is 1. The molecular formula is C14H13Cl2NO. The SMILES string of the molecule is CC(N)c1cccc(Oc2ccc(Cl)c(Cl)c2)c1. The highest BCUT2D eigenvalue weighted by molar-refractivity contribution is 6.42. The number of rotatable bonds is 3. The molecule has 18 heavy (non-hydrogen) atoms. The van der Waals surface area contributed by atoms with Crippen LogP contribution in [-0.4, -0.2) is 0 Å². The Morgan fingerprint density at radius 3 is 2.39 bits per heavy atom. The fourth-order valence-electron chi connectivity index (χ4n) is 1.54. The Bertz CT molecular complexity index is 555. The van der Waals surface area contributed by atoms with Crippen molar-refractivity contribution in [2.45, 2.75) is 13.0 Å². The van der Waals surface area contributed by atoms with E-state index in [1.807, 2.05) is 31.2 Å². The van der Waals surface area contributed by atoms with Crippen molar-refractivity contribution in [1.82, 2.24) is 0 Å². The maximum Gasteiger partial charge on any atom is 0.129 e. The minimum Gasteiger partial charge on any atom is -0.457 e. The van der Waals surface area contributed by atoms with E-state index in [9.17, 15) is 0 Å². The molecule has 94 valence electrons. The van der Waals surface area contributed by atoms with Crippen molar-refractivity contribution in [3.63, 3.8) is 0 Å². The van der Waals surface area contributed by atoms with Crippen LogP contribution >= 0.6 is 23.2 Å². The molecule has 4 heteroatoms. The van der Waals surface area contributed by atoms with E-state index in [2.05, 4.69) is 0 Å². The lowest BCUT2D eigenvalue weighted by atomic mass is 10.1. The molecule has 1 atom stereocenters. The molecule has 0 radical (unpaired) electrons. The summed E-state index contributed by atoms with van der Waals surface area (Å²) in [7, 11) is 0. The highest BCUT2D eigenvalue weighted by Crippen LogP contribution is 2.30. The summed E-state index contributed by atoms with van der Waals surface area (Å²) >= 11 is 11.8. The van der Waals surface area contributed by atoms with Gasteiger partial charge in [-0.2, -0.15) is 0 Å². The third-order valence-corrected chi connectivity index (χ3v) is 3.25. The summed E-state index contributed by atoms with van der Waals surface area (Å²) in [6.07, 6.45) is 0. The minimum atomic E-state index is -0.0256. The summed E-state index contributed by atoms with van der Waals surface area (Å²) in [6.45, 7) is 1.93. The molecule has 0 heterocycles. The van der Waals surface area contributed by atoms with Gasteiger partial charge in [0, 0.05) is 12.1 Å². The van der Waals surface area contributed by atoms with Gasteiger partial charge in [-0.1, -0.05) is 35.3 Å². The molecule has 0 saturated carbocycles. The molecule has 2 aromatic carbocycles. The van der Waals surface area contributed by atoms with Crippen LogP contribution in [0.5, 0.6) is 11.5 Å². The molecule has 2 rings (SSSR count). The van der Waals surface area contributed by atoms with Crippen LogP contribution in [0.3, 0.4) is 0 Å². The summed E-state index contributed by atoms with van der Waals surface area (Å²) in [5, 5.41) is 0.978. The van der Waals surface area contributed by atoms with Crippen molar-refractivity contribution < 1.29 is 4.74 Å². The molecule has 0 amide bonds. The second-order valence-electron chi connectivity index (χ2n) is 4.04. The molecular weight excluding hydrogens is 269 g/mol. The average Bonchev–Trinajstić information content (AvgIpc) is 2.34. The first kappa shape index (κ1) is 13.2. The van der Waals surface area contributed by atoms with Gasteiger partial charge in [-0.05, 0) is 36.8 Å². The van der Waals surface area contributed by atoms with Gasteiger partial charge in [0.05, 0.1) is 10.0 Å². The first-order valence-electron chi connectivity index (χ1n) is 5.54. The Morgan fingerprint density at radius 2 is 1.72 bits per heavy atom. The number of nitrogens with two attached hydrogens (primary N) is 1. The van der Waals surface area contributed by atoms with E-state index in [0.29, 0.717) is 15.8 Å². The second-order valence-corrected chi connectivity index (χ2v) is 4.85. The maximum absolute atomic E-state index is 5.93. The van der Waals surface area contributed by atoms with Crippen molar-refractivity contribution in [1.29, 1.82) is 0 Å². The van der Waals surface area contributed by atoms with Crippen molar-refractivity contribution in [3.8, 4) is 11.5 Å². The molecule has 2 aromatic rings. The van der Waals surface area contributed by atoms with Crippen LogP contribution in [0, 0.1) is 0 Å². The van der Waals surface area contributed by atoms with E-state index in [4.69, 9.17) is 33.7 Å². The minimum absolute atomic E-state index is 0.0256. The van der Waals surface area contributed by atoms with Crippen LogP contribution in [0.15, 0.2) is 42.5 Å². The molecule has 0 aliphatic rings. The van der Waals surface area contributed by atoms with Gasteiger partial charge >= 0.3 is 0 Å². The highest BCUT2D eigenvalue weighted by Gasteiger charge is 2.04. The third-order valence-electron chi connectivity index (χ3n) is 2.51. The number of hydrogen-bond acceptors (Lipinski definition) is 2. The van der Waals surface area contributed by atoms with Gasteiger partial charge in [-0.15, -0.1) is 0 Å². The standard InChI is InChI=1S/C14H13Cl2NO/c1-9(17)10-3-2-4-11(7-10)18-12-5-6-13(15)14(16)8-12/h2-9H,17H2,1H3. The highest BCUT2D eigenvalue weighted by atomic mass is 35.5. The summed E-state index contributed by atoms with van der Waals surface area (Å²) < 4.78 is 5.71. The Hall–Kier alpha value is -1.22. The quantitative estimate of drug-likeness (QED) is 0.877. The Kier molecular flexibility index (Phi) is 4.12. The van der Waals surface area contributed by atoms with Gasteiger partial charge in [0.1, 0.15) is 11.5 Å². The topological polar surface area (TPSA) is 35.2 Å². The van der Waals surface area contributed by atoms with E-state index >= 15 is 0 Å². The van der Waals surface area contributed by atoms with Crippen molar-refractivity contribution >= 4 is 23.2 Å². The zero-order chi connectivity index (χ0) is 13.1. The normalized spacial score (nSPS) is 12.2. The van der Waals surface area contributed by atoms with E-state index in [1.165, 1.54) is 0 Å². The number of ether oxygens (including phenoxy) is 1. The molecule has 0 spiro atoms. The second kappa shape index (κ2) is 5.61. The summed E-state index contributed by atoms with van der Waals surface area (Å²) in [4.78, 5) is 0. The zero-order valence-electron chi connectivity index (χ0n) is 9.86. The van der Waals surface area contributed by atoms with Gasteiger partial charge in [0.2, 0.25) is 0 Å². The van der Waals surface area contributed by atoms with Crippen LogP contribution in [0.1, 0.15) is 18.5 Å². The van der Waals surface area contributed by atoms with Crippen LogP contribution in [0.25, 0.3) is 0 Å². The molecule has 2 nitrogen and oxygen atoms in total. The van der Waals surface area contributed by atoms with E-state index < -0.39 is 0 Å². The zero-order valence-corrected chi connectivity index (χ0v) is 11.4. The monoisotopic (exact) mass is 281 g/mol. The molecule has 2 N–H and O–H groups in total. The Labute approximate surface area is 116 Å². The van der Waals surface area contributed by atoms with Crippen molar-refractivity contribution in [3.05, 3.63) is 58.1 Å². The largest absolute Gasteiger partial charge is 0.457 e. The van der Waals surface area contributed by atoms with Crippen LogP contribution in [-0.2, 0) is 0 Å². The van der Waals surface area contributed by atoms with Gasteiger partial charge in [-0.25, -0.2) is 0 Å². The first-order chi connectivity index (χ1) is 8.56. The van der Waals surface area contributed by atoms with Crippen molar-refractivity contribution in [2.24, 2.45) is 5.73 Å². The Morgan fingerprint density at radius 1 is 1.00 bits per heavy atom. The molecule has 0 aromatic heterocycles. The van der Waals surface area contributed by atoms with Crippen LogP contribution < -0.4 is 10.5 Å². The maximum atomic E-state index is 5.93. The predicted octanol–water partition coefficient (Wildman–Crippen LogP) is 4.81. The summed E-state index contributed by atoms with van der Waals surface area (Å²) in [5.41, 5.74) is 6.85. The van der Waals surface area contributed by atoms with E-state index in [-0.39, 0.29) is 6.04 Å². The predicted molar refractivity (Wildman–Crippen MR) is 75.6 cm³/mol. The molecule has 0 fully saturated rings. The lowest BCUT2D eigenvalue weighted by Crippen LogP contribution is -2.04. The average molecular weight is 282 g/mol. The number of halogens is 2. The summed E-state index contributed by atoms with van der Waals surface area (Å²) in [5.74, 6) is 1.37. The number of benzene rings is 2. The molecule has 0 saturated heterocycles. The molecule has 0 aliphatic carbocycles. The fourth-order valence-corrected chi connectivity index (χ4v) is 1.83. The van der Waals surface area contributed by atoms with Gasteiger partial charge in [-0.3, -0.25) is 0 Å². The molecule has 1 unspecified atom stereocenters. The lowest BCUT2D eigenvalue weighted by molar-refractivity contribution is 0.481. The van der Waals surface area contributed by atoms with Crippen LogP contribution in [0.4, 0.5) is 0 Å². The molecule has 0 aliphatic heterocycles. The lowest BCUT2D eigenvalue weighted by Gasteiger charge is -2.10. The van der Waals surface area contributed by atoms with E-state index in [1.54, 1.807) is 18.2 Å². The van der Waals surface area contributed by atoms with Crippen molar-refractivity contribution in [2.75, 3.05) is 0 Å². The molecule has 0 bridgehead atoms. The fraction of sp³-hybridized carbons (Fsp3) is 0.143. The van der Waals surface area contributed by atoms with Crippen LogP contribution in [0.2, 0.25) is 10.0 Å². The summed E-state index contributed by atoms with van der Waals surface area (Å²) in [6, 6.07) is 12.8. The smallest absolute Gasteiger partial charge is 0.129 e. The van der Waals surface area contributed by atoms with E-state index in [0.717, 1.165) is 11.3 Å². The first-order valence-corrected chi connectivity index (χ1v) is 6.30. The Balaban J connectivity index is 2.23. The van der Waals surface area contributed by atoms with Gasteiger partial charge < -0.3 is 10.5 Å².